The molecule has 4 rings (SSSR count). The quantitative estimate of drug-likeness (QED) is 0.544. The maximum absolute atomic E-state index is 12.7. The molecule has 0 aliphatic rings. The van der Waals surface area contributed by atoms with E-state index in [4.69, 9.17) is 4.74 Å². The molecule has 3 aromatic heterocycles. The van der Waals surface area contributed by atoms with E-state index in [2.05, 4.69) is 25.6 Å². The number of para-hydroxylation sites is 1. The Morgan fingerprint density at radius 2 is 1.86 bits per heavy atom. The van der Waals surface area contributed by atoms with Crippen LogP contribution in [0.3, 0.4) is 0 Å². The number of amides is 2. The fourth-order valence-corrected chi connectivity index (χ4v) is 2.69. The Balaban J connectivity index is 1.54. The zero-order valence-electron chi connectivity index (χ0n) is 15.4. The number of aromatic nitrogens is 4. The number of ether oxygens (including phenoxy) is 1. The highest BCUT2D eigenvalue weighted by Crippen LogP contribution is 2.19. The van der Waals surface area contributed by atoms with Gasteiger partial charge in [-0.15, -0.1) is 0 Å². The summed E-state index contributed by atoms with van der Waals surface area (Å²) in [5.74, 6) is 0.0275. The third-order valence-corrected chi connectivity index (χ3v) is 4.09. The molecular formula is C20H16N6O3. The van der Waals surface area contributed by atoms with Crippen LogP contribution in [0, 0.1) is 0 Å². The Kier molecular flexibility index (Phi) is 4.85. The average Bonchev–Trinajstić information content (AvgIpc) is 3.19. The molecule has 0 spiro atoms. The number of hydrogen-bond acceptors (Lipinski definition) is 6. The molecule has 0 aliphatic carbocycles. The molecule has 9 heteroatoms. The van der Waals surface area contributed by atoms with Crippen LogP contribution in [0.1, 0.15) is 20.8 Å². The normalized spacial score (nSPS) is 10.5. The number of rotatable bonds is 5. The molecule has 0 radical (unpaired) electrons. The van der Waals surface area contributed by atoms with Crippen LogP contribution >= 0.6 is 0 Å². The van der Waals surface area contributed by atoms with Crippen molar-refractivity contribution in [2.45, 2.75) is 0 Å². The molecule has 2 N–H and O–H groups in total. The second kappa shape index (κ2) is 7.77. The molecule has 0 unspecified atom stereocenters. The van der Waals surface area contributed by atoms with Gasteiger partial charge in [0.25, 0.3) is 11.8 Å². The van der Waals surface area contributed by atoms with Gasteiger partial charge in [-0.25, -0.2) is 15.0 Å². The van der Waals surface area contributed by atoms with Crippen molar-refractivity contribution in [2.24, 2.45) is 0 Å². The Labute approximate surface area is 165 Å². The molecule has 0 atom stereocenters. The highest BCUT2D eigenvalue weighted by atomic mass is 16.5. The summed E-state index contributed by atoms with van der Waals surface area (Å²) in [7, 11) is 1.51. The van der Waals surface area contributed by atoms with Crippen LogP contribution in [-0.2, 0) is 0 Å². The minimum atomic E-state index is -0.443. The molecule has 0 saturated heterocycles. The van der Waals surface area contributed by atoms with Gasteiger partial charge in [-0.05, 0) is 24.3 Å². The smallest absolute Gasteiger partial charge is 0.275 e. The van der Waals surface area contributed by atoms with E-state index in [-0.39, 0.29) is 11.6 Å². The maximum atomic E-state index is 12.7. The first-order valence-corrected chi connectivity index (χ1v) is 8.65. The minimum Gasteiger partial charge on any atom is -0.481 e. The number of carbonyl (C=O) groups excluding carboxylic acids is 2. The summed E-state index contributed by atoms with van der Waals surface area (Å²) in [6.07, 6.45) is 6.40. The van der Waals surface area contributed by atoms with Crippen LogP contribution in [0.5, 0.6) is 5.88 Å². The maximum Gasteiger partial charge on any atom is 0.275 e. The molecule has 0 fully saturated rings. The topological polar surface area (TPSA) is 111 Å². The number of fused-ring (bicyclic) bond motifs is 1. The first-order chi connectivity index (χ1) is 14.1. The standard InChI is InChI=1S/C20H16N6O3/c1-29-17-8-7-13(11-22-17)23-18(27)14-5-2-3-6-15(14)24-19(28)16-12-26-10-4-9-21-20(26)25-16/h2-12H,1H3,(H,23,27)(H,24,28). The van der Waals surface area contributed by atoms with E-state index >= 15 is 0 Å². The van der Waals surface area contributed by atoms with E-state index in [1.165, 1.54) is 13.3 Å². The van der Waals surface area contributed by atoms with Crippen molar-refractivity contribution in [1.29, 1.82) is 0 Å². The van der Waals surface area contributed by atoms with E-state index in [1.807, 2.05) is 0 Å². The lowest BCUT2D eigenvalue weighted by atomic mass is 10.1. The summed E-state index contributed by atoms with van der Waals surface area (Å²) >= 11 is 0. The van der Waals surface area contributed by atoms with Crippen LogP contribution in [0.2, 0.25) is 0 Å². The molecule has 2 amide bonds. The van der Waals surface area contributed by atoms with Gasteiger partial charge in [0.2, 0.25) is 11.7 Å². The lowest BCUT2D eigenvalue weighted by molar-refractivity contribution is 0.102. The van der Waals surface area contributed by atoms with E-state index in [9.17, 15) is 9.59 Å². The van der Waals surface area contributed by atoms with Crippen LogP contribution in [0.25, 0.3) is 5.78 Å². The minimum absolute atomic E-state index is 0.193. The first-order valence-electron chi connectivity index (χ1n) is 8.65. The van der Waals surface area contributed by atoms with E-state index in [0.29, 0.717) is 28.6 Å². The van der Waals surface area contributed by atoms with E-state index in [0.717, 1.165) is 0 Å². The zero-order valence-corrected chi connectivity index (χ0v) is 15.4. The van der Waals surface area contributed by atoms with Crippen LogP contribution in [0.4, 0.5) is 11.4 Å². The Hall–Kier alpha value is -4.27. The summed E-state index contributed by atoms with van der Waals surface area (Å²) in [5.41, 5.74) is 1.36. The molecule has 3 heterocycles. The highest BCUT2D eigenvalue weighted by molar-refractivity contribution is 6.12. The van der Waals surface area contributed by atoms with Crippen molar-refractivity contribution >= 4 is 29.0 Å². The van der Waals surface area contributed by atoms with Crippen molar-refractivity contribution in [1.82, 2.24) is 19.4 Å². The van der Waals surface area contributed by atoms with Gasteiger partial charge in [-0.3, -0.25) is 14.0 Å². The van der Waals surface area contributed by atoms with Crippen LogP contribution < -0.4 is 15.4 Å². The second-order valence-electron chi connectivity index (χ2n) is 6.00. The van der Waals surface area contributed by atoms with Gasteiger partial charge in [0.05, 0.1) is 30.2 Å². The number of carbonyl (C=O) groups is 2. The van der Waals surface area contributed by atoms with E-state index < -0.39 is 5.91 Å². The Bertz CT molecular complexity index is 1150. The van der Waals surface area contributed by atoms with Gasteiger partial charge in [0.1, 0.15) is 5.69 Å². The summed E-state index contributed by atoms with van der Waals surface area (Å²) in [4.78, 5) is 37.6. The highest BCUT2D eigenvalue weighted by Gasteiger charge is 2.16. The van der Waals surface area contributed by atoms with Crippen LogP contribution in [-0.4, -0.2) is 38.3 Å². The van der Waals surface area contributed by atoms with Gasteiger partial charge in [0, 0.05) is 24.7 Å². The fraction of sp³-hybridized carbons (Fsp3) is 0.0500. The molecule has 29 heavy (non-hydrogen) atoms. The number of benzene rings is 1. The number of anilines is 2. The lowest BCUT2D eigenvalue weighted by Gasteiger charge is -2.11. The fourth-order valence-electron chi connectivity index (χ4n) is 2.69. The third-order valence-electron chi connectivity index (χ3n) is 4.09. The van der Waals surface area contributed by atoms with Crippen molar-refractivity contribution in [3.63, 3.8) is 0 Å². The molecule has 0 aliphatic heterocycles. The van der Waals surface area contributed by atoms with Crippen molar-refractivity contribution < 1.29 is 14.3 Å². The summed E-state index contributed by atoms with van der Waals surface area (Å²) < 4.78 is 6.65. The molecule has 9 nitrogen and oxygen atoms in total. The van der Waals surface area contributed by atoms with Gasteiger partial charge >= 0.3 is 0 Å². The molecular weight excluding hydrogens is 372 g/mol. The average molecular weight is 388 g/mol. The van der Waals surface area contributed by atoms with Crippen molar-refractivity contribution in [3.8, 4) is 5.88 Å². The lowest BCUT2D eigenvalue weighted by Crippen LogP contribution is -2.18. The zero-order chi connectivity index (χ0) is 20.2. The summed E-state index contributed by atoms with van der Waals surface area (Å²) in [5, 5.41) is 5.48. The summed E-state index contributed by atoms with van der Waals surface area (Å²) in [6, 6.07) is 11.8. The third kappa shape index (κ3) is 3.88. The van der Waals surface area contributed by atoms with Gasteiger partial charge in [0.15, 0.2) is 0 Å². The SMILES string of the molecule is COc1ccc(NC(=O)c2ccccc2NC(=O)c2cn3cccnc3n2)cn1. The number of nitrogens with one attached hydrogen (secondary N) is 2. The van der Waals surface area contributed by atoms with Gasteiger partial charge < -0.3 is 15.4 Å². The Morgan fingerprint density at radius 3 is 2.62 bits per heavy atom. The molecule has 0 bridgehead atoms. The van der Waals surface area contributed by atoms with Gasteiger partial charge in [-0.2, -0.15) is 0 Å². The molecule has 4 aromatic rings. The van der Waals surface area contributed by atoms with Crippen molar-refractivity contribution in [2.75, 3.05) is 17.7 Å². The predicted molar refractivity (Wildman–Crippen MR) is 106 cm³/mol. The number of nitrogens with zero attached hydrogens (tertiary/aromatic N) is 4. The molecule has 144 valence electrons. The number of methoxy groups -OCH3 is 1. The number of pyridine rings is 1. The monoisotopic (exact) mass is 388 g/mol. The Morgan fingerprint density at radius 1 is 1.00 bits per heavy atom. The number of hydrogen-bond donors (Lipinski definition) is 2. The largest absolute Gasteiger partial charge is 0.481 e. The molecule has 0 saturated carbocycles. The number of imidazole rings is 1. The predicted octanol–water partition coefficient (Wildman–Crippen LogP) is 2.64. The molecule has 1 aromatic carbocycles. The van der Waals surface area contributed by atoms with E-state index in [1.54, 1.807) is 65.5 Å². The van der Waals surface area contributed by atoms with Gasteiger partial charge in [-0.1, -0.05) is 12.1 Å². The second-order valence-corrected chi connectivity index (χ2v) is 6.00. The van der Waals surface area contributed by atoms with Crippen molar-refractivity contribution in [3.05, 3.63) is 78.5 Å². The van der Waals surface area contributed by atoms with Crippen LogP contribution in [0.15, 0.2) is 67.3 Å². The summed E-state index contributed by atoms with van der Waals surface area (Å²) in [6.45, 7) is 0. The first kappa shape index (κ1) is 18.1.